The van der Waals surface area contributed by atoms with Crippen LogP contribution < -0.4 is 0 Å². The molecule has 3 rings (SSSR count). The van der Waals surface area contributed by atoms with E-state index in [1.54, 1.807) is 0 Å². The molecule has 1 N–H and O–H groups in total. The summed E-state index contributed by atoms with van der Waals surface area (Å²) < 4.78 is 10.7. The summed E-state index contributed by atoms with van der Waals surface area (Å²) in [4.78, 5) is 23.9. The lowest BCUT2D eigenvalue weighted by atomic mass is 9.49. The molecule has 27 heavy (non-hydrogen) atoms. The minimum absolute atomic E-state index is 0.0253. The average molecular weight is 376 g/mol. The Labute approximate surface area is 161 Å². The number of carbonyl (C=O) groups is 2. The molecule has 1 heterocycles. The Bertz CT molecular complexity index is 678. The number of hydrogen-bond acceptors (Lipinski definition) is 5. The van der Waals surface area contributed by atoms with Crippen LogP contribution >= 0.6 is 0 Å². The number of aliphatic hydroxyl groups is 1. The summed E-state index contributed by atoms with van der Waals surface area (Å²) in [7, 11) is 0. The van der Waals surface area contributed by atoms with Crippen LogP contribution in [-0.4, -0.2) is 40.8 Å². The van der Waals surface area contributed by atoms with E-state index >= 15 is 0 Å². The van der Waals surface area contributed by atoms with Crippen LogP contribution in [0.25, 0.3) is 0 Å². The Kier molecular flexibility index (Phi) is 5.15. The predicted molar refractivity (Wildman–Crippen MR) is 102 cm³/mol. The summed E-state index contributed by atoms with van der Waals surface area (Å²) in [6.07, 6.45) is 7.99. The maximum absolute atomic E-state index is 13.0. The lowest BCUT2D eigenvalue weighted by Crippen LogP contribution is -2.51. The maximum Gasteiger partial charge on any atom is 0.302 e. The number of allylic oxidation sites excluding steroid dienone is 2. The summed E-state index contributed by atoms with van der Waals surface area (Å²) in [5, 5.41) is 10.3. The fourth-order valence-electron chi connectivity index (χ4n) is 4.83. The Morgan fingerprint density at radius 2 is 2.11 bits per heavy atom. The fraction of sp³-hybridized carbons (Fsp3) is 0.727. The lowest BCUT2D eigenvalue weighted by molar-refractivity contribution is -0.145. The minimum Gasteiger partial charge on any atom is -0.462 e. The van der Waals surface area contributed by atoms with Gasteiger partial charge in [-0.25, -0.2) is 0 Å². The van der Waals surface area contributed by atoms with Gasteiger partial charge in [0.05, 0.1) is 11.7 Å². The van der Waals surface area contributed by atoms with E-state index < -0.39 is 17.0 Å². The second-order valence-electron chi connectivity index (χ2n) is 9.32. The largest absolute Gasteiger partial charge is 0.462 e. The highest BCUT2D eigenvalue weighted by atomic mass is 16.6. The molecule has 0 aromatic carbocycles. The third kappa shape index (κ3) is 4.04. The molecule has 2 aliphatic carbocycles. The zero-order chi connectivity index (χ0) is 20.0. The van der Waals surface area contributed by atoms with Crippen LogP contribution in [0.5, 0.6) is 0 Å². The van der Waals surface area contributed by atoms with Crippen molar-refractivity contribution < 1.29 is 24.2 Å². The standard InChI is InChI=1S/C22H32O5/c1-14-6-7-19-22(5,27-19)11-8-17-16(14)12-21(17,4)18(24)9-10-20(3,25)13-26-15(2)23/h9-10,16-17,19,25H,1,6-8,11-13H2,2-5H3/b10-9+/t16-,17-,19-,20?,21-,22-/m0/s1. The van der Waals surface area contributed by atoms with Gasteiger partial charge in [0.15, 0.2) is 5.78 Å². The molecule has 0 amide bonds. The number of ether oxygens (including phenoxy) is 2. The Balaban J connectivity index is 1.68. The van der Waals surface area contributed by atoms with E-state index in [1.807, 2.05) is 6.92 Å². The number of rotatable bonds is 5. The van der Waals surface area contributed by atoms with Crippen LogP contribution in [0.2, 0.25) is 0 Å². The van der Waals surface area contributed by atoms with Crippen LogP contribution in [0, 0.1) is 17.3 Å². The van der Waals surface area contributed by atoms with E-state index in [9.17, 15) is 14.7 Å². The third-order valence-electron chi connectivity index (χ3n) is 6.91. The van der Waals surface area contributed by atoms with E-state index in [1.165, 1.54) is 31.6 Å². The lowest BCUT2D eigenvalue weighted by Gasteiger charge is -2.53. The van der Waals surface area contributed by atoms with Crippen LogP contribution in [0.4, 0.5) is 0 Å². The molecule has 6 atom stereocenters. The van der Waals surface area contributed by atoms with Gasteiger partial charge in [-0.15, -0.1) is 0 Å². The van der Waals surface area contributed by atoms with Gasteiger partial charge < -0.3 is 14.6 Å². The normalized spacial score (nSPS) is 40.5. The molecule has 1 unspecified atom stereocenters. The van der Waals surface area contributed by atoms with Crippen LogP contribution in [0.1, 0.15) is 59.8 Å². The Morgan fingerprint density at radius 1 is 1.41 bits per heavy atom. The molecule has 0 aromatic rings. The molecule has 150 valence electrons. The molecule has 0 aromatic heterocycles. The highest BCUT2D eigenvalue weighted by molar-refractivity contribution is 5.96. The van der Waals surface area contributed by atoms with Crippen molar-refractivity contribution in [2.24, 2.45) is 17.3 Å². The maximum atomic E-state index is 13.0. The van der Waals surface area contributed by atoms with Gasteiger partial charge in [-0.1, -0.05) is 19.1 Å². The quantitative estimate of drug-likeness (QED) is 0.345. The molecule has 3 aliphatic rings. The molecule has 5 heteroatoms. The molecule has 0 spiro atoms. The van der Waals surface area contributed by atoms with Gasteiger partial charge in [-0.2, -0.15) is 0 Å². The smallest absolute Gasteiger partial charge is 0.302 e. The molecule has 1 saturated heterocycles. The molecular formula is C22H32O5. The van der Waals surface area contributed by atoms with Crippen molar-refractivity contribution in [3.05, 3.63) is 24.3 Å². The number of epoxide rings is 1. The first-order valence-electron chi connectivity index (χ1n) is 9.92. The van der Waals surface area contributed by atoms with Crippen LogP contribution in [-0.2, 0) is 19.1 Å². The summed E-state index contributed by atoms with van der Waals surface area (Å²) >= 11 is 0. The average Bonchev–Trinajstić information content (AvgIpc) is 3.22. The second kappa shape index (κ2) is 6.85. The first kappa shape index (κ1) is 20.3. The minimum atomic E-state index is -1.36. The SMILES string of the molecule is C=C1CC[C@@H]2O[C@@]2(C)CC[C@H]2[C@H]1C[C@]2(C)C(=O)/C=C/C(C)(O)COC(C)=O. The molecule has 0 bridgehead atoms. The van der Waals surface area contributed by atoms with Crippen molar-refractivity contribution in [3.8, 4) is 0 Å². The summed E-state index contributed by atoms with van der Waals surface area (Å²) in [6, 6.07) is 0. The van der Waals surface area contributed by atoms with Crippen molar-refractivity contribution in [3.63, 3.8) is 0 Å². The Morgan fingerprint density at radius 3 is 2.78 bits per heavy atom. The zero-order valence-corrected chi connectivity index (χ0v) is 16.9. The van der Waals surface area contributed by atoms with E-state index in [0.717, 1.165) is 32.1 Å². The Hall–Kier alpha value is -1.46. The number of ketones is 1. The third-order valence-corrected chi connectivity index (χ3v) is 6.91. The molecular weight excluding hydrogens is 344 g/mol. The van der Waals surface area contributed by atoms with E-state index in [0.29, 0.717) is 12.0 Å². The van der Waals surface area contributed by atoms with Crippen LogP contribution in [0.15, 0.2) is 24.3 Å². The van der Waals surface area contributed by atoms with Crippen LogP contribution in [0.3, 0.4) is 0 Å². The van der Waals surface area contributed by atoms with Gasteiger partial charge in [-0.05, 0) is 69.9 Å². The number of esters is 1. The highest BCUT2D eigenvalue weighted by Gasteiger charge is 2.58. The monoisotopic (exact) mass is 376 g/mol. The van der Waals surface area contributed by atoms with Gasteiger partial charge >= 0.3 is 5.97 Å². The van der Waals surface area contributed by atoms with Crippen molar-refractivity contribution in [1.82, 2.24) is 0 Å². The molecule has 2 saturated carbocycles. The fourth-order valence-corrected chi connectivity index (χ4v) is 4.83. The van der Waals surface area contributed by atoms with E-state index in [2.05, 4.69) is 13.5 Å². The first-order valence-corrected chi connectivity index (χ1v) is 9.92. The molecule has 1 aliphatic heterocycles. The second-order valence-corrected chi connectivity index (χ2v) is 9.32. The molecule has 5 nitrogen and oxygen atoms in total. The number of hydrogen-bond donors (Lipinski definition) is 1. The number of fused-ring (bicyclic) bond motifs is 2. The first-order chi connectivity index (χ1) is 12.5. The summed E-state index contributed by atoms with van der Waals surface area (Å²) in [5.41, 5.74) is -0.577. The van der Waals surface area contributed by atoms with Gasteiger partial charge in [0.25, 0.3) is 0 Å². The predicted octanol–water partition coefficient (Wildman–Crippen LogP) is 3.36. The zero-order valence-electron chi connectivity index (χ0n) is 16.9. The van der Waals surface area contributed by atoms with E-state index in [4.69, 9.17) is 9.47 Å². The van der Waals surface area contributed by atoms with Gasteiger partial charge in [0, 0.05) is 12.3 Å². The topological polar surface area (TPSA) is 76.1 Å². The highest BCUT2D eigenvalue weighted by Crippen LogP contribution is 2.60. The van der Waals surface area contributed by atoms with Crippen molar-refractivity contribution in [1.29, 1.82) is 0 Å². The van der Waals surface area contributed by atoms with Gasteiger partial charge in [-0.3, -0.25) is 9.59 Å². The van der Waals surface area contributed by atoms with Gasteiger partial charge in [0.1, 0.15) is 12.2 Å². The van der Waals surface area contributed by atoms with Crippen molar-refractivity contribution in [2.45, 2.75) is 77.1 Å². The molecule has 0 radical (unpaired) electrons. The summed E-state index contributed by atoms with van der Waals surface area (Å²) in [6.45, 7) is 11.1. The summed E-state index contributed by atoms with van der Waals surface area (Å²) in [5.74, 6) is 0.231. The van der Waals surface area contributed by atoms with E-state index in [-0.39, 0.29) is 23.9 Å². The number of carbonyl (C=O) groups excluding carboxylic acids is 2. The van der Waals surface area contributed by atoms with Gasteiger partial charge in [0.2, 0.25) is 0 Å². The molecule has 3 fully saturated rings. The van der Waals surface area contributed by atoms with Crippen molar-refractivity contribution in [2.75, 3.05) is 6.61 Å². The van der Waals surface area contributed by atoms with Crippen molar-refractivity contribution >= 4 is 11.8 Å².